The summed E-state index contributed by atoms with van der Waals surface area (Å²) in [4.78, 5) is 12.0. The Morgan fingerprint density at radius 2 is 2.14 bits per heavy atom. The molecule has 1 heterocycles. The Morgan fingerprint density at radius 3 is 2.76 bits per heavy atom. The molecule has 1 saturated heterocycles. The van der Waals surface area contributed by atoms with Crippen molar-refractivity contribution in [2.45, 2.75) is 45.1 Å². The average Bonchev–Trinajstić information content (AvgIpc) is 2.99. The Hall–Kier alpha value is -1.06. The van der Waals surface area contributed by atoms with Gasteiger partial charge >= 0.3 is 0 Å². The summed E-state index contributed by atoms with van der Waals surface area (Å²) in [5, 5.41) is 6.53. The van der Waals surface area contributed by atoms with Crippen molar-refractivity contribution < 1.29 is 4.79 Å². The first-order chi connectivity index (χ1) is 9.78. The molecule has 0 bridgehead atoms. The molecule has 2 atom stereocenters. The van der Waals surface area contributed by atoms with Crippen LogP contribution in [0.15, 0.2) is 30.3 Å². The second-order valence-electron chi connectivity index (χ2n) is 5.76. The Kier molecular flexibility index (Phi) is 8.40. The third kappa shape index (κ3) is 6.49. The summed E-state index contributed by atoms with van der Waals surface area (Å²) in [6, 6.07) is 10.6. The first-order valence-electron chi connectivity index (χ1n) is 7.82. The lowest BCUT2D eigenvalue weighted by atomic mass is 10.0. The number of rotatable bonds is 7. The van der Waals surface area contributed by atoms with Crippen LogP contribution in [0.5, 0.6) is 0 Å². The number of hydrogen-bond acceptors (Lipinski definition) is 2. The molecule has 1 aromatic rings. The quantitative estimate of drug-likeness (QED) is 0.813. The van der Waals surface area contributed by atoms with Crippen molar-refractivity contribution in [2.75, 3.05) is 13.1 Å². The van der Waals surface area contributed by atoms with Crippen LogP contribution in [0.2, 0.25) is 0 Å². The van der Waals surface area contributed by atoms with Crippen molar-refractivity contribution in [1.29, 1.82) is 0 Å². The maximum Gasteiger partial charge on any atom is 0.220 e. The summed E-state index contributed by atoms with van der Waals surface area (Å²) in [6.45, 7) is 4.32. The Labute approximate surface area is 134 Å². The highest BCUT2D eigenvalue weighted by molar-refractivity contribution is 5.85. The molecule has 21 heavy (non-hydrogen) atoms. The van der Waals surface area contributed by atoms with E-state index in [1.54, 1.807) is 0 Å². The van der Waals surface area contributed by atoms with Gasteiger partial charge in [0.15, 0.2) is 0 Å². The van der Waals surface area contributed by atoms with Gasteiger partial charge in [-0.05, 0) is 50.3 Å². The fourth-order valence-electron chi connectivity index (χ4n) is 2.79. The molecule has 0 spiro atoms. The van der Waals surface area contributed by atoms with E-state index in [-0.39, 0.29) is 24.4 Å². The molecule has 3 nitrogen and oxygen atoms in total. The van der Waals surface area contributed by atoms with Gasteiger partial charge in [0.05, 0.1) is 0 Å². The van der Waals surface area contributed by atoms with Gasteiger partial charge < -0.3 is 10.6 Å². The molecule has 0 aliphatic carbocycles. The lowest BCUT2D eigenvalue weighted by Crippen LogP contribution is -2.36. The first-order valence-corrected chi connectivity index (χ1v) is 7.82. The highest BCUT2D eigenvalue weighted by Crippen LogP contribution is 2.14. The highest BCUT2D eigenvalue weighted by atomic mass is 35.5. The van der Waals surface area contributed by atoms with Crippen LogP contribution in [0.3, 0.4) is 0 Å². The van der Waals surface area contributed by atoms with Crippen molar-refractivity contribution in [3.05, 3.63) is 35.9 Å². The summed E-state index contributed by atoms with van der Waals surface area (Å²) in [5.74, 6) is 0.898. The fourth-order valence-corrected chi connectivity index (χ4v) is 2.79. The van der Waals surface area contributed by atoms with E-state index in [2.05, 4.69) is 41.8 Å². The summed E-state index contributed by atoms with van der Waals surface area (Å²) in [6.07, 6.45) is 4.80. The average molecular weight is 311 g/mol. The van der Waals surface area contributed by atoms with E-state index < -0.39 is 0 Å². The van der Waals surface area contributed by atoms with Gasteiger partial charge in [-0.3, -0.25) is 4.79 Å². The Bertz CT molecular complexity index is 405. The molecule has 2 unspecified atom stereocenters. The minimum Gasteiger partial charge on any atom is -0.353 e. The minimum absolute atomic E-state index is 0. The molecule has 1 aliphatic rings. The van der Waals surface area contributed by atoms with E-state index in [0.717, 1.165) is 32.4 Å². The SMILES string of the molecule is CCC(Cc1ccccc1)NC(=O)CCC1CCNC1.Cl. The predicted octanol–water partition coefficient (Wildman–Crippen LogP) is 2.94. The maximum absolute atomic E-state index is 12.0. The molecule has 0 radical (unpaired) electrons. The van der Waals surface area contributed by atoms with Gasteiger partial charge in [-0.25, -0.2) is 0 Å². The van der Waals surface area contributed by atoms with Crippen LogP contribution < -0.4 is 10.6 Å². The fraction of sp³-hybridized carbons (Fsp3) is 0.588. The smallest absolute Gasteiger partial charge is 0.220 e. The molecule has 4 heteroatoms. The van der Waals surface area contributed by atoms with Crippen LogP contribution in [-0.2, 0) is 11.2 Å². The standard InChI is InChI=1S/C17H26N2O.ClH/c1-2-16(12-14-6-4-3-5-7-14)19-17(20)9-8-15-10-11-18-13-15;/h3-7,15-16,18H,2,8-13H2,1H3,(H,19,20);1H. The second kappa shape index (κ2) is 9.80. The van der Waals surface area contributed by atoms with Gasteiger partial charge in [0.25, 0.3) is 0 Å². The first kappa shape index (κ1) is 18.0. The van der Waals surface area contributed by atoms with Crippen LogP contribution >= 0.6 is 12.4 Å². The van der Waals surface area contributed by atoms with Crippen LogP contribution in [0.1, 0.15) is 38.2 Å². The van der Waals surface area contributed by atoms with E-state index in [1.165, 1.54) is 12.0 Å². The van der Waals surface area contributed by atoms with Crippen LogP contribution in [-0.4, -0.2) is 25.0 Å². The number of halogens is 1. The van der Waals surface area contributed by atoms with Gasteiger partial charge in [0.1, 0.15) is 0 Å². The molecular weight excluding hydrogens is 284 g/mol. The lowest BCUT2D eigenvalue weighted by Gasteiger charge is -2.17. The molecule has 1 amide bonds. The van der Waals surface area contributed by atoms with Gasteiger partial charge in [0, 0.05) is 12.5 Å². The van der Waals surface area contributed by atoms with E-state index in [0.29, 0.717) is 12.3 Å². The number of carbonyl (C=O) groups excluding carboxylic acids is 1. The van der Waals surface area contributed by atoms with Crippen molar-refractivity contribution in [2.24, 2.45) is 5.92 Å². The van der Waals surface area contributed by atoms with Gasteiger partial charge in [0.2, 0.25) is 5.91 Å². The minimum atomic E-state index is 0. The van der Waals surface area contributed by atoms with Crippen molar-refractivity contribution >= 4 is 18.3 Å². The number of carbonyl (C=O) groups is 1. The number of benzene rings is 1. The third-order valence-electron chi connectivity index (χ3n) is 4.12. The molecule has 1 aliphatic heterocycles. The second-order valence-corrected chi connectivity index (χ2v) is 5.76. The molecule has 0 aromatic heterocycles. The van der Waals surface area contributed by atoms with E-state index in [9.17, 15) is 4.79 Å². The number of hydrogen-bond donors (Lipinski definition) is 2. The third-order valence-corrected chi connectivity index (χ3v) is 4.12. The van der Waals surface area contributed by atoms with Gasteiger partial charge in [-0.2, -0.15) is 0 Å². The van der Waals surface area contributed by atoms with Crippen molar-refractivity contribution in [1.82, 2.24) is 10.6 Å². The summed E-state index contributed by atoms with van der Waals surface area (Å²) in [7, 11) is 0. The Balaban J connectivity index is 0.00000220. The van der Waals surface area contributed by atoms with E-state index in [4.69, 9.17) is 0 Å². The predicted molar refractivity (Wildman–Crippen MR) is 89.8 cm³/mol. The maximum atomic E-state index is 12.0. The van der Waals surface area contributed by atoms with E-state index in [1.807, 2.05) is 6.07 Å². The summed E-state index contributed by atoms with van der Waals surface area (Å²) in [5.41, 5.74) is 1.29. The molecule has 2 N–H and O–H groups in total. The summed E-state index contributed by atoms with van der Waals surface area (Å²) >= 11 is 0. The van der Waals surface area contributed by atoms with Crippen molar-refractivity contribution in [3.8, 4) is 0 Å². The number of nitrogens with one attached hydrogen (secondary N) is 2. The van der Waals surface area contributed by atoms with Crippen molar-refractivity contribution in [3.63, 3.8) is 0 Å². The summed E-state index contributed by atoms with van der Waals surface area (Å²) < 4.78 is 0. The van der Waals surface area contributed by atoms with Crippen LogP contribution in [0, 0.1) is 5.92 Å². The topological polar surface area (TPSA) is 41.1 Å². The highest BCUT2D eigenvalue weighted by Gasteiger charge is 2.17. The molecule has 1 aromatic carbocycles. The molecule has 2 rings (SSSR count). The molecule has 118 valence electrons. The zero-order valence-corrected chi connectivity index (χ0v) is 13.6. The molecule has 1 fully saturated rings. The zero-order valence-electron chi connectivity index (χ0n) is 12.8. The Morgan fingerprint density at radius 1 is 1.38 bits per heavy atom. The van der Waals surface area contributed by atoms with Crippen LogP contribution in [0.4, 0.5) is 0 Å². The van der Waals surface area contributed by atoms with E-state index >= 15 is 0 Å². The zero-order chi connectivity index (χ0) is 14.2. The normalized spacial score (nSPS) is 18.8. The molecule has 0 saturated carbocycles. The van der Waals surface area contributed by atoms with Gasteiger partial charge in [-0.15, -0.1) is 12.4 Å². The largest absolute Gasteiger partial charge is 0.353 e. The number of amides is 1. The van der Waals surface area contributed by atoms with Crippen LogP contribution in [0.25, 0.3) is 0 Å². The van der Waals surface area contributed by atoms with Gasteiger partial charge in [-0.1, -0.05) is 37.3 Å². The lowest BCUT2D eigenvalue weighted by molar-refractivity contribution is -0.122. The molecular formula is C17H27ClN2O. The monoisotopic (exact) mass is 310 g/mol.